The Morgan fingerprint density at radius 1 is 1.53 bits per heavy atom. The van der Waals surface area contributed by atoms with E-state index < -0.39 is 0 Å². The van der Waals surface area contributed by atoms with Crippen molar-refractivity contribution in [2.75, 3.05) is 0 Å². The molecule has 0 radical (unpaired) electrons. The van der Waals surface area contributed by atoms with Crippen molar-refractivity contribution >= 4 is 0 Å². The molecule has 1 aliphatic rings. The van der Waals surface area contributed by atoms with Gasteiger partial charge in [-0.15, -0.1) is 6.58 Å². The maximum absolute atomic E-state index is 4.10. The van der Waals surface area contributed by atoms with Crippen LogP contribution in [0.25, 0.3) is 0 Å². The topological polar surface area (TPSA) is 3.24 Å². The Morgan fingerprint density at radius 3 is 2.94 bits per heavy atom. The fourth-order valence-electron chi connectivity index (χ4n) is 2.10. The second-order valence-electron chi connectivity index (χ2n) is 4.42. The van der Waals surface area contributed by atoms with Gasteiger partial charge in [0.05, 0.1) is 0 Å². The second kappa shape index (κ2) is 6.95. The summed E-state index contributed by atoms with van der Waals surface area (Å²) in [5, 5.41) is 0. The first-order chi connectivity index (χ1) is 8.16. The van der Waals surface area contributed by atoms with Crippen LogP contribution in [-0.2, 0) is 0 Å². The average Bonchev–Trinajstić information content (AvgIpc) is 2.36. The standard InChI is InChI=1S/C16H23N/c1-5-6-12-16-13-10-8-7-9-11-15(4)17(16)14(2)3/h5,7-9,11,13,15H,1-2,6,10,12H2,3-4H3/b8-7-,11-9-,16-13-/t15-/m0/s1. The lowest BCUT2D eigenvalue weighted by Crippen LogP contribution is -2.29. The van der Waals surface area contributed by atoms with Crippen molar-refractivity contribution in [3.63, 3.8) is 0 Å². The van der Waals surface area contributed by atoms with E-state index in [2.05, 4.69) is 62.3 Å². The van der Waals surface area contributed by atoms with Crippen LogP contribution < -0.4 is 0 Å². The van der Waals surface area contributed by atoms with Gasteiger partial charge in [-0.1, -0.05) is 43.0 Å². The molecule has 1 nitrogen and oxygen atoms in total. The zero-order chi connectivity index (χ0) is 12.7. The highest BCUT2D eigenvalue weighted by Crippen LogP contribution is 2.22. The van der Waals surface area contributed by atoms with Crippen LogP contribution in [0.4, 0.5) is 0 Å². The van der Waals surface area contributed by atoms with Gasteiger partial charge in [-0.2, -0.15) is 0 Å². The number of nitrogens with zero attached hydrogens (tertiary/aromatic N) is 1. The van der Waals surface area contributed by atoms with E-state index in [1.807, 2.05) is 6.08 Å². The minimum atomic E-state index is 0.353. The van der Waals surface area contributed by atoms with Gasteiger partial charge in [0.15, 0.2) is 0 Å². The summed E-state index contributed by atoms with van der Waals surface area (Å²) in [6, 6.07) is 0.353. The molecule has 0 saturated heterocycles. The first kappa shape index (κ1) is 13.6. The van der Waals surface area contributed by atoms with Crippen LogP contribution >= 0.6 is 0 Å². The maximum Gasteiger partial charge on any atom is 0.0490 e. The number of allylic oxidation sites excluding steroid dienone is 7. The molecule has 92 valence electrons. The summed E-state index contributed by atoms with van der Waals surface area (Å²) >= 11 is 0. The molecule has 0 aromatic heterocycles. The third-order valence-corrected chi connectivity index (χ3v) is 2.86. The van der Waals surface area contributed by atoms with E-state index in [0.717, 1.165) is 25.0 Å². The largest absolute Gasteiger partial charge is 0.343 e. The minimum absolute atomic E-state index is 0.353. The van der Waals surface area contributed by atoms with Crippen molar-refractivity contribution in [1.29, 1.82) is 0 Å². The summed E-state index contributed by atoms with van der Waals surface area (Å²) < 4.78 is 0. The predicted octanol–water partition coefficient (Wildman–Crippen LogP) is 4.58. The Morgan fingerprint density at radius 2 is 2.29 bits per heavy atom. The normalized spacial score (nSPS) is 27.1. The molecule has 0 aromatic carbocycles. The van der Waals surface area contributed by atoms with E-state index >= 15 is 0 Å². The Balaban J connectivity index is 2.97. The summed E-state index contributed by atoms with van der Waals surface area (Å²) in [6.45, 7) is 12.2. The van der Waals surface area contributed by atoms with E-state index in [4.69, 9.17) is 0 Å². The monoisotopic (exact) mass is 229 g/mol. The molecule has 0 bridgehead atoms. The van der Waals surface area contributed by atoms with Crippen molar-refractivity contribution in [3.8, 4) is 0 Å². The van der Waals surface area contributed by atoms with Crippen LogP contribution in [0, 0.1) is 0 Å². The van der Waals surface area contributed by atoms with Crippen LogP contribution in [0.2, 0.25) is 0 Å². The van der Waals surface area contributed by atoms with Crippen molar-refractivity contribution in [2.45, 2.75) is 39.2 Å². The molecule has 1 atom stereocenters. The second-order valence-corrected chi connectivity index (χ2v) is 4.42. The van der Waals surface area contributed by atoms with E-state index in [1.54, 1.807) is 0 Å². The molecule has 0 spiro atoms. The molecule has 1 rings (SSSR count). The molecule has 0 unspecified atom stereocenters. The lowest BCUT2D eigenvalue weighted by Gasteiger charge is -2.32. The van der Waals surface area contributed by atoms with E-state index in [-0.39, 0.29) is 0 Å². The lowest BCUT2D eigenvalue weighted by atomic mass is 10.1. The Labute approximate surface area is 106 Å². The van der Waals surface area contributed by atoms with E-state index in [1.165, 1.54) is 5.70 Å². The minimum Gasteiger partial charge on any atom is -0.343 e. The molecule has 0 aromatic rings. The zero-order valence-corrected chi connectivity index (χ0v) is 11.0. The van der Waals surface area contributed by atoms with Crippen LogP contribution in [-0.4, -0.2) is 10.9 Å². The maximum atomic E-state index is 4.10. The number of rotatable bonds is 4. The zero-order valence-electron chi connectivity index (χ0n) is 11.0. The molecule has 1 aliphatic heterocycles. The highest BCUT2D eigenvalue weighted by Gasteiger charge is 2.15. The van der Waals surface area contributed by atoms with Gasteiger partial charge in [0.1, 0.15) is 0 Å². The van der Waals surface area contributed by atoms with E-state index in [0.29, 0.717) is 6.04 Å². The smallest absolute Gasteiger partial charge is 0.0490 e. The number of hydrogen-bond donors (Lipinski definition) is 0. The van der Waals surface area contributed by atoms with Gasteiger partial charge >= 0.3 is 0 Å². The molecule has 0 amide bonds. The van der Waals surface area contributed by atoms with Gasteiger partial charge < -0.3 is 4.90 Å². The Bertz CT molecular complexity index is 358. The third kappa shape index (κ3) is 4.10. The molecule has 1 heterocycles. The molecule has 17 heavy (non-hydrogen) atoms. The molecule has 0 aliphatic carbocycles. The quantitative estimate of drug-likeness (QED) is 0.638. The van der Waals surface area contributed by atoms with Crippen molar-refractivity contribution < 1.29 is 0 Å². The first-order valence-electron chi connectivity index (χ1n) is 6.24. The molecule has 1 heteroatoms. The third-order valence-electron chi connectivity index (χ3n) is 2.86. The predicted molar refractivity (Wildman–Crippen MR) is 76.5 cm³/mol. The highest BCUT2D eigenvalue weighted by atomic mass is 15.2. The molecular weight excluding hydrogens is 206 g/mol. The Hall–Kier alpha value is -1.50. The van der Waals surface area contributed by atoms with Crippen LogP contribution in [0.15, 0.2) is 61.0 Å². The van der Waals surface area contributed by atoms with Gasteiger partial charge in [-0.3, -0.25) is 0 Å². The molecule has 0 N–H and O–H groups in total. The molecule has 0 fully saturated rings. The van der Waals surface area contributed by atoms with Gasteiger partial charge in [0.25, 0.3) is 0 Å². The van der Waals surface area contributed by atoms with E-state index in [9.17, 15) is 0 Å². The SMILES string of the molecule is C=CCC/C1=C/C/C=C\C=C/[C@H](C)N1C(=C)C. The molecule has 0 saturated carbocycles. The van der Waals surface area contributed by atoms with Gasteiger partial charge in [0.2, 0.25) is 0 Å². The van der Waals surface area contributed by atoms with Gasteiger partial charge in [-0.05, 0) is 33.1 Å². The fraction of sp³-hybridized carbons (Fsp3) is 0.375. The van der Waals surface area contributed by atoms with Crippen molar-refractivity contribution in [1.82, 2.24) is 4.90 Å². The summed E-state index contributed by atoms with van der Waals surface area (Å²) in [5.74, 6) is 0. The highest BCUT2D eigenvalue weighted by molar-refractivity contribution is 5.19. The first-order valence-corrected chi connectivity index (χ1v) is 6.24. The van der Waals surface area contributed by atoms with Crippen molar-refractivity contribution in [2.24, 2.45) is 0 Å². The van der Waals surface area contributed by atoms with Crippen LogP contribution in [0.3, 0.4) is 0 Å². The fourth-order valence-corrected chi connectivity index (χ4v) is 2.10. The summed E-state index contributed by atoms with van der Waals surface area (Å²) in [5.41, 5.74) is 2.44. The van der Waals surface area contributed by atoms with Gasteiger partial charge in [-0.25, -0.2) is 0 Å². The summed E-state index contributed by atoms with van der Waals surface area (Å²) in [6.07, 6.45) is 15.9. The Kier molecular flexibility index (Phi) is 5.55. The average molecular weight is 229 g/mol. The van der Waals surface area contributed by atoms with Crippen LogP contribution in [0.1, 0.15) is 33.1 Å². The number of hydrogen-bond acceptors (Lipinski definition) is 1. The van der Waals surface area contributed by atoms with Crippen LogP contribution in [0.5, 0.6) is 0 Å². The van der Waals surface area contributed by atoms with Gasteiger partial charge in [0, 0.05) is 17.4 Å². The molecular formula is C16H23N. The summed E-state index contributed by atoms with van der Waals surface area (Å²) in [4.78, 5) is 2.31. The lowest BCUT2D eigenvalue weighted by molar-refractivity contribution is 0.370. The van der Waals surface area contributed by atoms with Crippen molar-refractivity contribution in [3.05, 3.63) is 61.0 Å². The summed E-state index contributed by atoms with van der Waals surface area (Å²) in [7, 11) is 0.